The van der Waals surface area contributed by atoms with Crippen LogP contribution in [0.5, 0.6) is 0 Å². The van der Waals surface area contributed by atoms with Crippen molar-refractivity contribution in [2.75, 3.05) is 6.61 Å². The maximum atomic E-state index is 13.3. The third-order valence-corrected chi connectivity index (χ3v) is 12.1. The van der Waals surface area contributed by atoms with Gasteiger partial charge in [0.15, 0.2) is 5.78 Å². The molecule has 7 nitrogen and oxygen atoms in total. The minimum Gasteiger partial charge on any atom is -0.461 e. The summed E-state index contributed by atoms with van der Waals surface area (Å²) >= 11 is 0. The Balaban J connectivity index is 1.27. The molecular weight excluding hydrogens is 592 g/mol. The van der Waals surface area contributed by atoms with Gasteiger partial charge in [0.25, 0.3) is 0 Å². The quantitative estimate of drug-likeness (QED) is 0.0876. The number of hydrogen-bond acceptors (Lipinski definition) is 7. The van der Waals surface area contributed by atoms with Crippen LogP contribution in [0, 0.1) is 35.0 Å². The molecule has 4 aliphatic rings. The number of ether oxygens (including phenoxy) is 2. The molecule has 0 amide bonds. The van der Waals surface area contributed by atoms with E-state index >= 15 is 0 Å². The molecule has 2 fully saturated rings. The highest BCUT2D eigenvalue weighted by Crippen LogP contribution is 2.76. The zero-order chi connectivity index (χ0) is 34.4. The number of aliphatic hydroxyl groups is 2. The predicted octanol–water partition coefficient (Wildman–Crippen LogP) is 7.97. The number of Topliss-reactive ketones (excluding diaryl/α,β-unsaturated/α-hetero) is 1. The zero-order valence-electron chi connectivity index (χ0n) is 30.0. The molecule has 0 aromatic rings. The van der Waals surface area contributed by atoms with E-state index < -0.39 is 52.4 Å². The molecule has 0 aromatic heterocycles. The maximum Gasteiger partial charge on any atom is 0.306 e. The summed E-state index contributed by atoms with van der Waals surface area (Å²) in [5.74, 6) is -3.20. The fourth-order valence-corrected chi connectivity index (χ4v) is 9.42. The van der Waals surface area contributed by atoms with Gasteiger partial charge in [0.05, 0.1) is 11.7 Å². The van der Waals surface area contributed by atoms with Crippen LogP contribution in [0.2, 0.25) is 0 Å². The zero-order valence-corrected chi connectivity index (χ0v) is 30.0. The molecule has 47 heavy (non-hydrogen) atoms. The molecule has 8 atom stereocenters. The molecule has 2 N–H and O–H groups in total. The lowest BCUT2D eigenvalue weighted by Gasteiger charge is -2.51. The average Bonchev–Trinajstić information content (AvgIpc) is 3.42. The van der Waals surface area contributed by atoms with Crippen molar-refractivity contribution in [3.8, 4) is 0 Å². The van der Waals surface area contributed by atoms with Crippen molar-refractivity contribution in [2.24, 2.45) is 35.0 Å². The molecule has 4 aliphatic carbocycles. The summed E-state index contributed by atoms with van der Waals surface area (Å²) < 4.78 is 11.6. The Morgan fingerprint density at radius 1 is 0.936 bits per heavy atom. The van der Waals surface area contributed by atoms with Crippen LogP contribution in [0.3, 0.4) is 0 Å². The number of rotatable bonds is 18. The Morgan fingerprint density at radius 3 is 2.15 bits per heavy atom. The van der Waals surface area contributed by atoms with Crippen molar-refractivity contribution in [2.45, 2.75) is 155 Å². The summed E-state index contributed by atoms with van der Waals surface area (Å²) in [5, 5.41) is 24.1. The van der Waals surface area contributed by atoms with Gasteiger partial charge in [-0.15, -0.1) is 0 Å². The maximum absolute atomic E-state index is 13.3. The fraction of sp³-hybridized carbons (Fsp3) is 0.775. The molecule has 0 heterocycles. The van der Waals surface area contributed by atoms with Crippen LogP contribution in [0.4, 0.5) is 0 Å². The van der Waals surface area contributed by atoms with Crippen LogP contribution in [0.25, 0.3) is 0 Å². The van der Waals surface area contributed by atoms with E-state index in [0.29, 0.717) is 18.4 Å². The number of carbonyl (C=O) groups excluding carboxylic acids is 3. The predicted molar refractivity (Wildman–Crippen MR) is 184 cm³/mol. The van der Waals surface area contributed by atoms with Crippen LogP contribution in [0.15, 0.2) is 35.5 Å². The molecule has 0 bridgehead atoms. The van der Waals surface area contributed by atoms with E-state index in [1.807, 2.05) is 26.0 Å². The molecule has 0 aliphatic heterocycles. The number of aliphatic hydroxyl groups excluding tert-OH is 1. The summed E-state index contributed by atoms with van der Waals surface area (Å²) in [5.41, 5.74) is -1.72. The van der Waals surface area contributed by atoms with Gasteiger partial charge in [-0.1, -0.05) is 103 Å². The van der Waals surface area contributed by atoms with Gasteiger partial charge in [-0.3, -0.25) is 14.4 Å². The Kier molecular flexibility index (Phi) is 12.8. The van der Waals surface area contributed by atoms with Gasteiger partial charge < -0.3 is 19.7 Å². The van der Waals surface area contributed by atoms with Gasteiger partial charge in [-0.2, -0.15) is 0 Å². The summed E-state index contributed by atoms with van der Waals surface area (Å²) in [4.78, 5) is 38.3. The lowest BCUT2D eigenvalue weighted by Crippen LogP contribution is -2.62. The molecule has 7 heteroatoms. The lowest BCUT2D eigenvalue weighted by molar-refractivity contribution is -0.207. The molecule has 4 rings (SSSR count). The molecule has 0 radical (unpaired) electrons. The molecule has 0 aromatic carbocycles. The Bertz CT molecular complexity index is 1210. The van der Waals surface area contributed by atoms with Gasteiger partial charge in [0, 0.05) is 48.3 Å². The first-order valence-electron chi connectivity index (χ1n) is 18.7. The largest absolute Gasteiger partial charge is 0.461 e. The molecule has 0 saturated heterocycles. The van der Waals surface area contributed by atoms with Crippen molar-refractivity contribution in [3.63, 3.8) is 0 Å². The molecule has 2 saturated carbocycles. The second kappa shape index (κ2) is 16.0. The monoisotopic (exact) mass is 654 g/mol. The summed E-state index contributed by atoms with van der Waals surface area (Å²) in [7, 11) is 0. The highest BCUT2D eigenvalue weighted by atomic mass is 16.6. The van der Waals surface area contributed by atoms with Crippen molar-refractivity contribution >= 4 is 17.7 Å². The van der Waals surface area contributed by atoms with Gasteiger partial charge in [-0.25, -0.2) is 0 Å². The Hall–Kier alpha value is -2.25. The van der Waals surface area contributed by atoms with E-state index in [9.17, 15) is 24.6 Å². The highest BCUT2D eigenvalue weighted by molar-refractivity contribution is 6.00. The number of ketones is 1. The minimum atomic E-state index is -1.42. The van der Waals surface area contributed by atoms with Crippen molar-refractivity contribution in [1.29, 1.82) is 0 Å². The molecular formula is C40H62O7. The number of hydrogen-bond donors (Lipinski definition) is 2. The SMILES string of the molecule is CCCCCCCCC=CCCCCCCCC(=O)OCC1=C[C@H]2[C@@H]3C(C)(C)[C@]3(OC(C)=O)[C@H](O)[C@@H](C)[C@]2(O)[C@@H]2C=C(C)C(=O)[C@@H]2C1. The number of esters is 2. The number of unbranched alkanes of at least 4 members (excludes halogenated alkanes) is 11. The van der Waals surface area contributed by atoms with Crippen LogP contribution >= 0.6 is 0 Å². The van der Waals surface area contributed by atoms with Gasteiger partial charge in [-0.05, 0) is 56.6 Å². The first-order chi connectivity index (χ1) is 22.3. The molecule has 264 valence electrons. The van der Waals surface area contributed by atoms with Gasteiger partial charge in [0.1, 0.15) is 12.2 Å². The second-order valence-corrected chi connectivity index (χ2v) is 15.6. The summed E-state index contributed by atoms with van der Waals surface area (Å²) in [6.07, 6.45) is 23.7. The standard InChI is InChI=1S/C40H62O7/c1-7-8-9-10-11-12-13-14-15-16-17-18-19-20-21-22-34(42)46-26-30-24-31-32(23-27(2)35(31)43)39(45)28(3)37(44)40(47-29(4)41)36(33(39)25-30)38(40,5)6/h14-15,23,25,28,31-33,36-37,44-45H,7-13,16-22,24,26H2,1-6H3/t28-,31-,32-,33+,36-,37-,39+,40-/m1/s1. The van der Waals surface area contributed by atoms with Crippen LogP contribution in [-0.4, -0.2) is 51.8 Å². The van der Waals surface area contributed by atoms with Crippen molar-refractivity contribution < 1.29 is 34.1 Å². The van der Waals surface area contributed by atoms with Crippen LogP contribution in [-0.2, 0) is 23.9 Å². The van der Waals surface area contributed by atoms with Crippen LogP contribution in [0.1, 0.15) is 138 Å². The molecule has 0 unspecified atom stereocenters. The normalized spacial score (nSPS) is 33.7. The van der Waals surface area contributed by atoms with Crippen molar-refractivity contribution in [1.82, 2.24) is 0 Å². The minimum absolute atomic E-state index is 0.0110. The highest BCUT2D eigenvalue weighted by Gasteiger charge is 2.86. The Labute approximate surface area is 283 Å². The number of allylic oxidation sites excluding steroid dienone is 3. The van der Waals surface area contributed by atoms with Crippen LogP contribution < -0.4 is 0 Å². The third-order valence-electron chi connectivity index (χ3n) is 12.1. The van der Waals surface area contributed by atoms with Gasteiger partial charge >= 0.3 is 11.9 Å². The smallest absolute Gasteiger partial charge is 0.306 e. The molecule has 0 spiro atoms. The van der Waals surface area contributed by atoms with E-state index in [4.69, 9.17) is 9.47 Å². The van der Waals surface area contributed by atoms with E-state index in [1.165, 1.54) is 58.3 Å². The Morgan fingerprint density at radius 2 is 1.53 bits per heavy atom. The number of fused-ring (bicyclic) bond motifs is 5. The van der Waals surface area contributed by atoms with E-state index in [-0.39, 0.29) is 24.3 Å². The first-order valence-corrected chi connectivity index (χ1v) is 18.7. The van der Waals surface area contributed by atoms with E-state index in [1.54, 1.807) is 13.8 Å². The first kappa shape index (κ1) is 37.6. The topological polar surface area (TPSA) is 110 Å². The lowest BCUT2D eigenvalue weighted by atomic mass is 9.60. The van der Waals surface area contributed by atoms with E-state index in [2.05, 4.69) is 19.1 Å². The van der Waals surface area contributed by atoms with E-state index in [0.717, 1.165) is 37.7 Å². The van der Waals surface area contributed by atoms with Gasteiger partial charge in [0.2, 0.25) is 0 Å². The summed E-state index contributed by atoms with van der Waals surface area (Å²) in [6.45, 7) is 11.2. The third kappa shape index (κ3) is 7.66. The number of carbonyl (C=O) groups is 3. The van der Waals surface area contributed by atoms with Crippen molar-refractivity contribution in [3.05, 3.63) is 35.5 Å². The summed E-state index contributed by atoms with van der Waals surface area (Å²) in [6, 6.07) is 0. The fourth-order valence-electron chi connectivity index (χ4n) is 9.42. The second-order valence-electron chi connectivity index (χ2n) is 15.6. The average molecular weight is 655 g/mol.